The van der Waals surface area contributed by atoms with E-state index >= 15 is 0 Å². The van der Waals surface area contributed by atoms with Crippen LogP contribution in [0.15, 0.2) is 30.6 Å². The normalized spacial score (nSPS) is 17.9. The van der Waals surface area contributed by atoms with Crippen molar-refractivity contribution >= 4 is 35.0 Å². The van der Waals surface area contributed by atoms with E-state index in [-0.39, 0.29) is 51.2 Å². The van der Waals surface area contributed by atoms with Crippen LogP contribution in [0.1, 0.15) is 64.8 Å². The summed E-state index contributed by atoms with van der Waals surface area (Å²) < 4.78 is 43.9. The zero-order valence-electron chi connectivity index (χ0n) is 24.7. The Morgan fingerprint density at radius 2 is 1.73 bits per heavy atom. The summed E-state index contributed by atoms with van der Waals surface area (Å²) in [7, 11) is 1.46. The molecule has 0 atom stereocenters. The molecule has 0 unspecified atom stereocenters. The molecule has 1 saturated carbocycles. The summed E-state index contributed by atoms with van der Waals surface area (Å²) in [5, 5.41) is 9.86. The van der Waals surface area contributed by atoms with Gasteiger partial charge >= 0.3 is 6.18 Å². The fourth-order valence-corrected chi connectivity index (χ4v) is 6.19. The van der Waals surface area contributed by atoms with Gasteiger partial charge in [-0.1, -0.05) is 11.6 Å². The third kappa shape index (κ3) is 6.71. The van der Waals surface area contributed by atoms with Crippen LogP contribution in [0.2, 0.25) is 5.02 Å². The van der Waals surface area contributed by atoms with Gasteiger partial charge in [0.15, 0.2) is 11.5 Å². The fraction of sp³-hybridized carbons (Fsp3) is 0.500. The molecule has 6 rings (SSSR count). The van der Waals surface area contributed by atoms with Gasteiger partial charge in [-0.3, -0.25) is 19.1 Å². The first-order valence-corrected chi connectivity index (χ1v) is 15.4. The Labute approximate surface area is 262 Å². The van der Waals surface area contributed by atoms with Gasteiger partial charge < -0.3 is 25.0 Å². The second-order valence-corrected chi connectivity index (χ2v) is 12.3. The molecule has 15 heteroatoms. The third-order valence-corrected chi connectivity index (χ3v) is 9.00. The molecule has 3 aromatic rings. The number of piperazine rings is 1. The molecular formula is C30H34ClF3N8O3. The zero-order chi connectivity index (χ0) is 31.9. The van der Waals surface area contributed by atoms with Gasteiger partial charge in [0.1, 0.15) is 0 Å². The number of carbonyl (C=O) groups excluding carboxylic acids is 3. The molecule has 0 spiro atoms. The monoisotopic (exact) mass is 646 g/mol. The highest BCUT2D eigenvalue weighted by Crippen LogP contribution is 2.41. The van der Waals surface area contributed by atoms with E-state index in [4.69, 9.17) is 11.6 Å². The molecule has 0 bridgehead atoms. The molecule has 2 aliphatic heterocycles. The van der Waals surface area contributed by atoms with Crippen LogP contribution in [0.3, 0.4) is 0 Å². The molecule has 3 aliphatic rings. The second-order valence-electron chi connectivity index (χ2n) is 11.8. The van der Waals surface area contributed by atoms with Crippen LogP contribution in [0, 0.1) is 5.92 Å². The first-order chi connectivity index (χ1) is 21.5. The first kappa shape index (κ1) is 31.1. The Balaban J connectivity index is 1.08. The second kappa shape index (κ2) is 12.5. The molecule has 240 valence electrons. The van der Waals surface area contributed by atoms with Crippen LogP contribution in [0.5, 0.6) is 0 Å². The summed E-state index contributed by atoms with van der Waals surface area (Å²) in [6, 6.07) is 4.43. The van der Waals surface area contributed by atoms with Gasteiger partial charge in [0.25, 0.3) is 11.8 Å². The molecule has 11 nitrogen and oxygen atoms in total. The summed E-state index contributed by atoms with van der Waals surface area (Å²) in [5.41, 5.74) is -0.526. The van der Waals surface area contributed by atoms with E-state index < -0.39 is 17.8 Å². The Morgan fingerprint density at radius 3 is 2.38 bits per heavy atom. The van der Waals surface area contributed by atoms with Crippen molar-refractivity contribution in [2.24, 2.45) is 13.0 Å². The van der Waals surface area contributed by atoms with Crippen LogP contribution >= 0.6 is 11.6 Å². The number of piperidine rings is 1. The van der Waals surface area contributed by atoms with Gasteiger partial charge in [0.2, 0.25) is 5.91 Å². The van der Waals surface area contributed by atoms with E-state index in [1.807, 2.05) is 4.90 Å². The van der Waals surface area contributed by atoms with Crippen molar-refractivity contribution in [2.75, 3.05) is 44.6 Å². The average Bonchev–Trinajstić information content (AvgIpc) is 3.64. The van der Waals surface area contributed by atoms with E-state index in [2.05, 4.69) is 20.7 Å². The fourth-order valence-electron chi connectivity index (χ4n) is 5.93. The standard InChI is InChI=1S/C30H34ClF3N8O3/c1-39-24(22-17-42(20-3-4-20)38-26(22)30(32,33)34)16-36-27(39)28(44)37-19-2-5-21(23(31)15-19)29(45)41-12-10-40(11-13-41)25(43)14-18-6-8-35-9-7-18/h2,5,15-18,20,35H,3-4,6-14H2,1H3,(H,37,44). The molecule has 3 amide bonds. The molecule has 4 heterocycles. The number of aromatic nitrogens is 4. The maximum Gasteiger partial charge on any atom is 0.435 e. The lowest BCUT2D eigenvalue weighted by Crippen LogP contribution is -2.51. The Morgan fingerprint density at radius 1 is 1.04 bits per heavy atom. The van der Waals surface area contributed by atoms with Crippen LogP contribution < -0.4 is 10.6 Å². The Bertz CT molecular complexity index is 1600. The summed E-state index contributed by atoms with van der Waals surface area (Å²) in [5.74, 6) is -0.520. The number of nitrogens with one attached hydrogen (secondary N) is 2. The van der Waals surface area contributed by atoms with Gasteiger partial charge in [-0.05, 0) is 62.9 Å². The lowest BCUT2D eigenvalue weighted by molar-refractivity contribution is -0.141. The Hall–Kier alpha value is -3.91. The van der Waals surface area contributed by atoms with Crippen molar-refractivity contribution in [1.29, 1.82) is 0 Å². The predicted molar refractivity (Wildman–Crippen MR) is 160 cm³/mol. The molecule has 45 heavy (non-hydrogen) atoms. The highest BCUT2D eigenvalue weighted by Gasteiger charge is 2.40. The zero-order valence-corrected chi connectivity index (χ0v) is 25.5. The average molecular weight is 647 g/mol. The number of rotatable bonds is 7. The van der Waals surface area contributed by atoms with Gasteiger partial charge in [-0.15, -0.1) is 0 Å². The largest absolute Gasteiger partial charge is 0.435 e. The van der Waals surface area contributed by atoms with Gasteiger partial charge in [-0.25, -0.2) is 4.98 Å². The number of benzene rings is 1. The minimum absolute atomic E-state index is 0.0571. The predicted octanol–water partition coefficient (Wildman–Crippen LogP) is 4.22. The summed E-state index contributed by atoms with van der Waals surface area (Å²) in [6.07, 6.45) is 1.95. The van der Waals surface area contributed by atoms with Crippen molar-refractivity contribution in [2.45, 2.75) is 44.3 Å². The lowest BCUT2D eigenvalue weighted by Gasteiger charge is -2.36. The number of anilines is 1. The quantitative estimate of drug-likeness (QED) is 0.397. The number of halogens is 4. The minimum Gasteiger partial charge on any atom is -0.339 e. The van der Waals surface area contributed by atoms with E-state index in [1.165, 1.54) is 46.9 Å². The SMILES string of the molecule is Cn1c(-c2cn(C3CC3)nc2C(F)(F)F)cnc1C(=O)Nc1ccc(C(=O)N2CCN(C(=O)CC3CCNCC3)CC2)c(Cl)c1. The van der Waals surface area contributed by atoms with Gasteiger partial charge in [0.05, 0.1) is 34.1 Å². The van der Waals surface area contributed by atoms with Gasteiger partial charge in [-0.2, -0.15) is 18.3 Å². The third-order valence-electron chi connectivity index (χ3n) is 8.69. The van der Waals surface area contributed by atoms with Crippen LogP contribution in [0.25, 0.3) is 11.3 Å². The van der Waals surface area contributed by atoms with Crippen molar-refractivity contribution in [3.63, 3.8) is 0 Å². The highest BCUT2D eigenvalue weighted by atomic mass is 35.5. The summed E-state index contributed by atoms with van der Waals surface area (Å²) in [6.45, 7) is 3.57. The van der Waals surface area contributed by atoms with Crippen molar-refractivity contribution in [3.8, 4) is 11.3 Å². The van der Waals surface area contributed by atoms with Crippen molar-refractivity contribution in [1.82, 2.24) is 34.4 Å². The number of alkyl halides is 3. The lowest BCUT2D eigenvalue weighted by atomic mass is 9.94. The number of carbonyl (C=O) groups is 3. The number of amides is 3. The molecule has 2 N–H and O–H groups in total. The van der Waals surface area contributed by atoms with Gasteiger partial charge in [0, 0.05) is 51.5 Å². The Kier molecular flexibility index (Phi) is 8.61. The number of hydrogen-bond acceptors (Lipinski definition) is 6. The number of imidazole rings is 1. The van der Waals surface area contributed by atoms with Crippen LogP contribution in [-0.4, -0.2) is 86.1 Å². The maximum absolute atomic E-state index is 13.7. The molecule has 0 radical (unpaired) electrons. The molecule has 2 saturated heterocycles. The minimum atomic E-state index is -4.67. The van der Waals surface area contributed by atoms with E-state index in [0.717, 1.165) is 38.8 Å². The topological polar surface area (TPSA) is 117 Å². The first-order valence-electron chi connectivity index (χ1n) is 15.1. The maximum atomic E-state index is 13.7. The van der Waals surface area contributed by atoms with Crippen LogP contribution in [-0.2, 0) is 18.0 Å². The van der Waals surface area contributed by atoms with Crippen molar-refractivity contribution < 1.29 is 27.6 Å². The number of nitrogens with zero attached hydrogens (tertiary/aromatic N) is 6. The highest BCUT2D eigenvalue weighted by molar-refractivity contribution is 6.34. The molecular weight excluding hydrogens is 613 g/mol. The summed E-state index contributed by atoms with van der Waals surface area (Å²) in [4.78, 5) is 46.6. The molecule has 3 fully saturated rings. The molecule has 1 aromatic carbocycles. The smallest absolute Gasteiger partial charge is 0.339 e. The van der Waals surface area contributed by atoms with E-state index in [1.54, 1.807) is 4.90 Å². The van der Waals surface area contributed by atoms with E-state index in [9.17, 15) is 27.6 Å². The molecule has 1 aliphatic carbocycles. The van der Waals surface area contributed by atoms with Crippen LogP contribution in [0.4, 0.5) is 18.9 Å². The molecule has 2 aromatic heterocycles. The summed E-state index contributed by atoms with van der Waals surface area (Å²) >= 11 is 6.46. The van der Waals surface area contributed by atoms with E-state index in [0.29, 0.717) is 38.5 Å². The number of hydrogen-bond donors (Lipinski definition) is 2. The van der Waals surface area contributed by atoms with Crippen molar-refractivity contribution in [3.05, 3.63) is 52.7 Å².